The van der Waals surface area contributed by atoms with E-state index in [4.69, 9.17) is 0 Å². The van der Waals surface area contributed by atoms with Gasteiger partial charge in [-0.1, -0.05) is 0 Å². The fourth-order valence-corrected chi connectivity index (χ4v) is 1.96. The van der Waals surface area contributed by atoms with E-state index in [0.717, 1.165) is 24.2 Å². The smallest absolute Gasteiger partial charge is 0.258 e. The number of carbonyl (C=O) groups excluding carboxylic acids is 2. The van der Waals surface area contributed by atoms with Crippen LogP contribution in [0.3, 0.4) is 0 Å². The van der Waals surface area contributed by atoms with E-state index in [0.29, 0.717) is 11.1 Å². The Hall–Kier alpha value is -1.68. The number of hydrogen-bond donors (Lipinski definition) is 2. The maximum atomic E-state index is 11.3. The van der Waals surface area contributed by atoms with E-state index in [9.17, 15) is 9.59 Å². The maximum absolute atomic E-state index is 11.3. The summed E-state index contributed by atoms with van der Waals surface area (Å²) in [4.78, 5) is 22.6. The molecule has 0 bridgehead atoms. The first-order valence-electron chi connectivity index (χ1n) is 4.48. The lowest BCUT2D eigenvalue weighted by atomic mass is 10.0. The molecule has 4 heteroatoms. The summed E-state index contributed by atoms with van der Waals surface area (Å²) in [5.74, 6) is -0.556. The molecule has 0 aromatic heterocycles. The highest BCUT2D eigenvalue weighted by Crippen LogP contribution is 2.23. The molecule has 0 unspecified atom stereocenters. The van der Waals surface area contributed by atoms with E-state index >= 15 is 0 Å². The molecule has 2 N–H and O–H groups in total. The lowest BCUT2D eigenvalue weighted by molar-refractivity contribution is 0.0879. The fraction of sp³-hybridized carbons (Fsp3) is 0.200. The molecule has 0 spiro atoms. The molecule has 0 saturated heterocycles. The average Bonchev–Trinajstić information content (AvgIpc) is 2.70. The van der Waals surface area contributed by atoms with Crippen LogP contribution in [0.4, 0.5) is 0 Å². The van der Waals surface area contributed by atoms with Gasteiger partial charge in [-0.15, -0.1) is 0 Å². The summed E-state index contributed by atoms with van der Waals surface area (Å²) < 4.78 is 0. The molecule has 70 valence electrons. The third-order valence-electron chi connectivity index (χ3n) is 2.69. The average molecular weight is 188 g/mol. The Labute approximate surface area is 80.3 Å². The van der Waals surface area contributed by atoms with E-state index in [1.54, 1.807) is 0 Å². The second-order valence-electron chi connectivity index (χ2n) is 3.55. The molecule has 2 aliphatic heterocycles. The van der Waals surface area contributed by atoms with Crippen LogP contribution in [0.1, 0.15) is 31.8 Å². The van der Waals surface area contributed by atoms with Crippen molar-refractivity contribution in [1.29, 1.82) is 0 Å². The van der Waals surface area contributed by atoms with Crippen LogP contribution < -0.4 is 10.6 Å². The van der Waals surface area contributed by atoms with Crippen molar-refractivity contribution in [3.05, 3.63) is 34.4 Å². The Morgan fingerprint density at radius 2 is 1.43 bits per heavy atom. The van der Waals surface area contributed by atoms with Crippen molar-refractivity contribution in [2.45, 2.75) is 13.1 Å². The summed E-state index contributed by atoms with van der Waals surface area (Å²) in [6.07, 6.45) is 0. The number of rotatable bonds is 0. The first-order chi connectivity index (χ1) is 6.75. The van der Waals surface area contributed by atoms with Gasteiger partial charge < -0.3 is 5.32 Å². The third kappa shape index (κ3) is 0.858. The standard InChI is InChI=1S/C10H8N2O2/c13-9-7-1-5-3-11-4-6(5)2-8(7)10(14)12-9/h1-2,11H,3-4H2,(H,12,13,14). The van der Waals surface area contributed by atoms with Crippen LogP contribution in [0, 0.1) is 0 Å². The van der Waals surface area contributed by atoms with Crippen molar-refractivity contribution < 1.29 is 9.59 Å². The summed E-state index contributed by atoms with van der Waals surface area (Å²) in [6.45, 7) is 1.56. The first kappa shape index (κ1) is 7.70. The maximum Gasteiger partial charge on any atom is 0.258 e. The predicted molar refractivity (Wildman–Crippen MR) is 48.8 cm³/mol. The predicted octanol–water partition coefficient (Wildman–Crippen LogP) is 0.173. The third-order valence-corrected chi connectivity index (χ3v) is 2.69. The highest BCUT2D eigenvalue weighted by molar-refractivity contribution is 6.21. The molecular formula is C10H8N2O2. The molecule has 0 radical (unpaired) electrons. The molecule has 14 heavy (non-hydrogen) atoms. The van der Waals surface area contributed by atoms with E-state index in [2.05, 4.69) is 10.6 Å². The van der Waals surface area contributed by atoms with Gasteiger partial charge in [0, 0.05) is 13.1 Å². The summed E-state index contributed by atoms with van der Waals surface area (Å²) in [5.41, 5.74) is 3.26. The second-order valence-corrected chi connectivity index (χ2v) is 3.55. The van der Waals surface area contributed by atoms with Gasteiger partial charge in [-0.25, -0.2) is 0 Å². The minimum absolute atomic E-state index is 0.278. The van der Waals surface area contributed by atoms with E-state index < -0.39 is 0 Å². The molecule has 4 nitrogen and oxygen atoms in total. The summed E-state index contributed by atoms with van der Waals surface area (Å²) >= 11 is 0. The van der Waals surface area contributed by atoms with Gasteiger partial charge >= 0.3 is 0 Å². The van der Waals surface area contributed by atoms with E-state index in [1.165, 1.54) is 0 Å². The van der Waals surface area contributed by atoms with Crippen LogP contribution in [-0.2, 0) is 13.1 Å². The quantitative estimate of drug-likeness (QED) is 0.571. The zero-order chi connectivity index (χ0) is 9.71. The number of nitrogens with one attached hydrogen (secondary N) is 2. The normalized spacial score (nSPS) is 18.0. The van der Waals surface area contributed by atoms with Gasteiger partial charge in [0.1, 0.15) is 0 Å². The van der Waals surface area contributed by atoms with Crippen LogP contribution in [0.15, 0.2) is 12.1 Å². The Balaban J connectivity index is 2.26. The Morgan fingerprint density at radius 1 is 0.929 bits per heavy atom. The molecule has 3 rings (SSSR count). The lowest BCUT2D eigenvalue weighted by Gasteiger charge is -1.99. The molecule has 0 saturated carbocycles. The molecule has 0 aliphatic carbocycles. The van der Waals surface area contributed by atoms with Gasteiger partial charge in [-0.05, 0) is 23.3 Å². The fourth-order valence-electron chi connectivity index (χ4n) is 1.96. The highest BCUT2D eigenvalue weighted by atomic mass is 16.2. The number of hydrogen-bond acceptors (Lipinski definition) is 3. The van der Waals surface area contributed by atoms with Crippen molar-refractivity contribution >= 4 is 11.8 Å². The highest BCUT2D eigenvalue weighted by Gasteiger charge is 2.28. The summed E-state index contributed by atoms with van der Waals surface area (Å²) in [6, 6.07) is 3.62. The lowest BCUT2D eigenvalue weighted by Crippen LogP contribution is -2.19. The van der Waals surface area contributed by atoms with Crippen LogP contribution in [0.25, 0.3) is 0 Å². The van der Waals surface area contributed by atoms with Crippen LogP contribution >= 0.6 is 0 Å². The second kappa shape index (κ2) is 2.42. The van der Waals surface area contributed by atoms with Gasteiger partial charge in [-0.3, -0.25) is 14.9 Å². The molecule has 0 fully saturated rings. The van der Waals surface area contributed by atoms with Crippen molar-refractivity contribution in [1.82, 2.24) is 10.6 Å². The zero-order valence-electron chi connectivity index (χ0n) is 7.39. The number of imide groups is 1. The molecule has 2 heterocycles. The Morgan fingerprint density at radius 3 is 1.93 bits per heavy atom. The SMILES string of the molecule is O=C1NC(=O)c2cc3c(cc21)CNC3. The van der Waals surface area contributed by atoms with Crippen LogP contribution in [0.2, 0.25) is 0 Å². The number of benzene rings is 1. The van der Waals surface area contributed by atoms with Crippen LogP contribution in [0.5, 0.6) is 0 Å². The van der Waals surface area contributed by atoms with Crippen molar-refractivity contribution in [2.24, 2.45) is 0 Å². The largest absolute Gasteiger partial charge is 0.309 e. The molecule has 1 aromatic carbocycles. The Bertz CT molecular complexity index is 424. The van der Waals surface area contributed by atoms with Crippen molar-refractivity contribution in [3.8, 4) is 0 Å². The Kier molecular flexibility index (Phi) is 1.33. The molecule has 2 aliphatic rings. The number of carbonyl (C=O) groups is 2. The molecule has 2 amide bonds. The van der Waals surface area contributed by atoms with Gasteiger partial charge in [0.25, 0.3) is 11.8 Å². The van der Waals surface area contributed by atoms with Gasteiger partial charge in [-0.2, -0.15) is 0 Å². The first-order valence-corrected chi connectivity index (χ1v) is 4.48. The van der Waals surface area contributed by atoms with Gasteiger partial charge in [0.2, 0.25) is 0 Å². The summed E-state index contributed by atoms with van der Waals surface area (Å²) in [7, 11) is 0. The minimum Gasteiger partial charge on any atom is -0.309 e. The monoisotopic (exact) mass is 188 g/mol. The molecule has 0 atom stereocenters. The van der Waals surface area contributed by atoms with Gasteiger partial charge in [0.05, 0.1) is 11.1 Å². The van der Waals surface area contributed by atoms with Crippen LogP contribution in [-0.4, -0.2) is 11.8 Å². The molecule has 1 aromatic rings. The topological polar surface area (TPSA) is 58.2 Å². The minimum atomic E-state index is -0.278. The van der Waals surface area contributed by atoms with Crippen molar-refractivity contribution in [3.63, 3.8) is 0 Å². The zero-order valence-corrected chi connectivity index (χ0v) is 7.39. The number of fused-ring (bicyclic) bond motifs is 2. The summed E-state index contributed by atoms with van der Waals surface area (Å²) in [5, 5.41) is 5.46. The number of amides is 2. The van der Waals surface area contributed by atoms with E-state index in [-0.39, 0.29) is 11.8 Å². The van der Waals surface area contributed by atoms with Crippen molar-refractivity contribution in [2.75, 3.05) is 0 Å². The van der Waals surface area contributed by atoms with E-state index in [1.807, 2.05) is 12.1 Å². The van der Waals surface area contributed by atoms with Gasteiger partial charge in [0.15, 0.2) is 0 Å². The molecular weight excluding hydrogens is 180 g/mol.